The second kappa shape index (κ2) is 8.50. The van der Waals surface area contributed by atoms with Gasteiger partial charge in [-0.05, 0) is 21.5 Å². The molecule has 0 saturated carbocycles. The number of aliphatic hydroxyl groups excluding tert-OH is 1. The number of hydrogen-bond donors (Lipinski definition) is 2. The molecule has 2 aliphatic rings. The van der Waals surface area contributed by atoms with E-state index in [9.17, 15) is 14.7 Å². The van der Waals surface area contributed by atoms with Gasteiger partial charge in [-0.2, -0.15) is 0 Å². The van der Waals surface area contributed by atoms with Gasteiger partial charge in [-0.15, -0.1) is 0 Å². The quantitative estimate of drug-likeness (QED) is 0.741. The second-order valence-corrected chi connectivity index (χ2v) is 7.16. The molecule has 2 heterocycles. The average Bonchev–Trinajstić information content (AvgIpc) is 3.24. The van der Waals surface area contributed by atoms with Crippen LogP contribution < -0.4 is 5.32 Å². The number of likely N-dealkylation sites (tertiary alicyclic amines) is 1. The van der Waals surface area contributed by atoms with E-state index in [1.54, 1.807) is 0 Å². The number of β-amino-alcohol motifs (C(OH)–C–C–N with tert-alkyl or cyclic N) is 1. The van der Waals surface area contributed by atoms with Crippen molar-refractivity contribution in [3.63, 3.8) is 0 Å². The van der Waals surface area contributed by atoms with Crippen molar-refractivity contribution in [2.45, 2.75) is 37.7 Å². The minimum absolute atomic E-state index is 0.0697. The number of amides is 2. The Morgan fingerprint density at radius 2 is 2.15 bits per heavy atom. The van der Waals surface area contributed by atoms with Crippen LogP contribution >= 0.6 is 15.9 Å². The van der Waals surface area contributed by atoms with E-state index in [1.807, 2.05) is 30.3 Å². The summed E-state index contributed by atoms with van der Waals surface area (Å²) in [6.45, 7) is 0.457. The first-order chi connectivity index (χ1) is 12.5. The molecule has 2 N–H and O–H groups in total. The summed E-state index contributed by atoms with van der Waals surface area (Å²) in [6.07, 6.45) is -0.851. The number of nitrogens with zero attached hydrogens (tertiary/aromatic N) is 2. The molecular formula is C17H20BrN3O5. The van der Waals surface area contributed by atoms with Gasteiger partial charge in [-0.25, -0.2) is 4.79 Å². The maximum atomic E-state index is 12.4. The van der Waals surface area contributed by atoms with Gasteiger partial charge in [0.2, 0.25) is 5.91 Å². The first-order valence-electron chi connectivity index (χ1n) is 8.34. The molecule has 0 aliphatic carbocycles. The largest absolute Gasteiger partial charge is 0.445 e. The number of nitrogens with one attached hydrogen (secondary N) is 1. The fraction of sp³-hybridized carbons (Fsp3) is 0.471. The molecule has 3 rings (SSSR count). The van der Waals surface area contributed by atoms with E-state index >= 15 is 0 Å². The van der Waals surface area contributed by atoms with Crippen molar-refractivity contribution in [2.24, 2.45) is 5.16 Å². The van der Waals surface area contributed by atoms with Crippen LogP contribution in [0.1, 0.15) is 18.4 Å². The third-order valence-electron chi connectivity index (χ3n) is 4.22. The standard InChI is InChI=1S/C17H20BrN3O5/c18-15-7-13(26-20-15)8-19-16(23)14-6-12(22)9-21(14)17(24)25-10-11-4-2-1-3-5-11/h1-5,12-14,22H,6-10H2,(H,19,23)/t12-,13?,14+/m1/s1. The summed E-state index contributed by atoms with van der Waals surface area (Å²) in [7, 11) is 0. The highest BCUT2D eigenvalue weighted by molar-refractivity contribution is 9.18. The topological polar surface area (TPSA) is 100 Å². The highest BCUT2D eigenvalue weighted by Gasteiger charge is 2.40. The Bertz CT molecular complexity index is 684. The average molecular weight is 426 g/mol. The molecule has 1 unspecified atom stereocenters. The zero-order valence-electron chi connectivity index (χ0n) is 14.0. The highest BCUT2D eigenvalue weighted by atomic mass is 79.9. The Balaban J connectivity index is 1.52. The molecule has 8 nitrogen and oxygen atoms in total. The van der Waals surface area contributed by atoms with Crippen LogP contribution in [0.4, 0.5) is 4.79 Å². The molecule has 3 atom stereocenters. The fourth-order valence-corrected chi connectivity index (χ4v) is 3.35. The van der Waals surface area contributed by atoms with Gasteiger partial charge in [0.15, 0.2) is 6.10 Å². The lowest BCUT2D eigenvalue weighted by molar-refractivity contribution is -0.125. The van der Waals surface area contributed by atoms with Gasteiger partial charge in [-0.1, -0.05) is 35.5 Å². The lowest BCUT2D eigenvalue weighted by Gasteiger charge is -2.23. The van der Waals surface area contributed by atoms with E-state index in [1.165, 1.54) is 4.90 Å². The number of carbonyl (C=O) groups is 2. The van der Waals surface area contributed by atoms with Crippen LogP contribution in [0, 0.1) is 0 Å². The van der Waals surface area contributed by atoms with Crippen molar-refractivity contribution in [1.29, 1.82) is 0 Å². The molecule has 0 aromatic heterocycles. The number of carbonyl (C=O) groups excluding carboxylic acids is 2. The van der Waals surface area contributed by atoms with E-state index in [4.69, 9.17) is 9.57 Å². The molecule has 0 bridgehead atoms. The van der Waals surface area contributed by atoms with Gasteiger partial charge >= 0.3 is 6.09 Å². The van der Waals surface area contributed by atoms with E-state index < -0.39 is 18.2 Å². The number of benzene rings is 1. The van der Waals surface area contributed by atoms with Crippen molar-refractivity contribution in [2.75, 3.05) is 13.1 Å². The normalized spacial score (nSPS) is 24.8. The van der Waals surface area contributed by atoms with Crippen LogP contribution in [0.25, 0.3) is 0 Å². The van der Waals surface area contributed by atoms with E-state index in [2.05, 4.69) is 26.4 Å². The summed E-state index contributed by atoms with van der Waals surface area (Å²) in [6, 6.07) is 8.51. The molecule has 140 valence electrons. The first kappa shape index (κ1) is 18.7. The lowest BCUT2D eigenvalue weighted by Crippen LogP contribution is -2.47. The van der Waals surface area contributed by atoms with Crippen LogP contribution in [0.15, 0.2) is 35.5 Å². The summed E-state index contributed by atoms with van der Waals surface area (Å²) in [4.78, 5) is 31.2. The molecule has 0 spiro atoms. The van der Waals surface area contributed by atoms with Gasteiger partial charge in [0.1, 0.15) is 17.3 Å². The summed E-state index contributed by atoms with van der Waals surface area (Å²) < 4.78 is 5.97. The zero-order valence-corrected chi connectivity index (χ0v) is 15.6. The van der Waals surface area contributed by atoms with Crippen LogP contribution in [-0.4, -0.2) is 58.0 Å². The summed E-state index contributed by atoms with van der Waals surface area (Å²) in [5.41, 5.74) is 0.852. The van der Waals surface area contributed by atoms with Crippen molar-refractivity contribution in [3.8, 4) is 0 Å². The third-order valence-corrected chi connectivity index (χ3v) is 4.69. The number of oxime groups is 1. The summed E-state index contributed by atoms with van der Waals surface area (Å²) >= 11 is 3.23. The molecule has 1 saturated heterocycles. The first-order valence-corrected chi connectivity index (χ1v) is 9.13. The Labute approximate surface area is 159 Å². The monoisotopic (exact) mass is 425 g/mol. The zero-order chi connectivity index (χ0) is 18.5. The minimum atomic E-state index is -0.765. The highest BCUT2D eigenvalue weighted by Crippen LogP contribution is 2.20. The predicted molar refractivity (Wildman–Crippen MR) is 96.6 cm³/mol. The van der Waals surface area contributed by atoms with Gasteiger partial charge in [-0.3, -0.25) is 9.69 Å². The molecule has 9 heteroatoms. The maximum Gasteiger partial charge on any atom is 0.410 e. The van der Waals surface area contributed by atoms with Crippen LogP contribution in [-0.2, 0) is 21.0 Å². The van der Waals surface area contributed by atoms with Crippen LogP contribution in [0.3, 0.4) is 0 Å². The Hall–Kier alpha value is -2.13. The Kier molecular flexibility index (Phi) is 6.10. The summed E-state index contributed by atoms with van der Waals surface area (Å²) in [5, 5.41) is 16.4. The molecule has 1 aromatic carbocycles. The van der Waals surface area contributed by atoms with E-state index in [-0.39, 0.29) is 38.1 Å². The summed E-state index contributed by atoms with van der Waals surface area (Å²) in [5.74, 6) is -0.343. The molecule has 0 radical (unpaired) electrons. The van der Waals surface area contributed by atoms with Crippen molar-refractivity contribution in [1.82, 2.24) is 10.2 Å². The number of halogens is 1. The number of rotatable bonds is 5. The molecule has 2 amide bonds. The van der Waals surface area contributed by atoms with Crippen LogP contribution in [0.2, 0.25) is 0 Å². The van der Waals surface area contributed by atoms with Gasteiger partial charge in [0.05, 0.1) is 19.2 Å². The number of aliphatic hydroxyl groups is 1. The minimum Gasteiger partial charge on any atom is -0.445 e. The third kappa shape index (κ3) is 4.73. The molecule has 26 heavy (non-hydrogen) atoms. The fourth-order valence-electron chi connectivity index (χ4n) is 2.90. The molecule has 2 aliphatic heterocycles. The predicted octanol–water partition coefficient (Wildman–Crippen LogP) is 1.37. The van der Waals surface area contributed by atoms with Gasteiger partial charge in [0.25, 0.3) is 0 Å². The molecular weight excluding hydrogens is 406 g/mol. The van der Waals surface area contributed by atoms with E-state index in [0.29, 0.717) is 11.0 Å². The molecule has 1 aromatic rings. The van der Waals surface area contributed by atoms with Crippen molar-refractivity contribution < 1.29 is 24.3 Å². The van der Waals surface area contributed by atoms with Crippen molar-refractivity contribution in [3.05, 3.63) is 35.9 Å². The Morgan fingerprint density at radius 3 is 2.85 bits per heavy atom. The van der Waals surface area contributed by atoms with Crippen LogP contribution in [0.5, 0.6) is 0 Å². The maximum absolute atomic E-state index is 12.4. The van der Waals surface area contributed by atoms with Gasteiger partial charge in [0, 0.05) is 12.8 Å². The van der Waals surface area contributed by atoms with Gasteiger partial charge < -0.3 is 20.0 Å². The van der Waals surface area contributed by atoms with Crippen molar-refractivity contribution >= 4 is 32.6 Å². The second-order valence-electron chi connectivity index (χ2n) is 6.24. The smallest absolute Gasteiger partial charge is 0.410 e. The molecule has 1 fully saturated rings. The van der Waals surface area contributed by atoms with E-state index in [0.717, 1.165) is 5.56 Å². The Morgan fingerprint density at radius 1 is 1.38 bits per heavy atom. The number of ether oxygens (including phenoxy) is 1. The number of hydrogen-bond acceptors (Lipinski definition) is 6. The lowest BCUT2D eigenvalue weighted by atomic mass is 10.2. The SMILES string of the molecule is O=C(NCC1CC(Br)=NO1)[C@@H]1C[C@@H](O)CN1C(=O)OCc1ccccc1.